The maximum Gasteiger partial charge on any atom is 0.320 e. The molecule has 7 heteroatoms. The second kappa shape index (κ2) is 6.19. The van der Waals surface area contributed by atoms with Gasteiger partial charge in [-0.3, -0.25) is 14.4 Å². The Morgan fingerprint density at radius 3 is 2.71 bits per heavy atom. The molecule has 1 aliphatic heterocycles. The quantitative estimate of drug-likeness (QED) is 0.386. The highest BCUT2D eigenvalue weighted by Gasteiger charge is 2.34. The van der Waals surface area contributed by atoms with Crippen LogP contribution in [0, 0.1) is 0 Å². The lowest BCUT2D eigenvalue weighted by atomic mass is 10.1. The third-order valence-electron chi connectivity index (χ3n) is 2.53. The summed E-state index contributed by atoms with van der Waals surface area (Å²) in [6.45, 7) is 0.373. The molecule has 0 aliphatic carbocycles. The lowest BCUT2D eigenvalue weighted by molar-refractivity contribution is -0.175. The summed E-state index contributed by atoms with van der Waals surface area (Å²) < 4.78 is 4.58. The first-order valence-electron chi connectivity index (χ1n) is 5.42. The number of cyclic esters (lactones) is 1. The van der Waals surface area contributed by atoms with Gasteiger partial charge in [0.25, 0.3) is 5.91 Å². The van der Waals surface area contributed by atoms with Gasteiger partial charge in [-0.1, -0.05) is 0 Å². The van der Waals surface area contributed by atoms with Crippen molar-refractivity contribution in [3.05, 3.63) is 0 Å². The number of hydrogen-bond acceptors (Lipinski definition) is 5. The van der Waals surface area contributed by atoms with Gasteiger partial charge in [0.2, 0.25) is 0 Å². The molecule has 0 aromatic rings. The van der Waals surface area contributed by atoms with Crippen LogP contribution in [-0.4, -0.2) is 48.7 Å². The van der Waals surface area contributed by atoms with Gasteiger partial charge in [-0.25, -0.2) is 0 Å². The van der Waals surface area contributed by atoms with E-state index in [-0.39, 0.29) is 18.3 Å². The largest absolute Gasteiger partial charge is 0.480 e. The molecule has 2 atom stereocenters. The van der Waals surface area contributed by atoms with Crippen molar-refractivity contribution in [1.82, 2.24) is 10.6 Å². The normalized spacial score (nSPS) is 20.1. The van der Waals surface area contributed by atoms with Gasteiger partial charge in [-0.05, 0) is 19.9 Å². The van der Waals surface area contributed by atoms with Gasteiger partial charge in [-0.2, -0.15) is 0 Å². The average Bonchev–Trinajstić information content (AvgIpc) is 2.24. The molecule has 1 saturated heterocycles. The SMILES string of the molecule is CNC(CCCNC(=O)C1CC(=O)O1)C(=O)O. The van der Waals surface area contributed by atoms with Crippen molar-refractivity contribution in [2.75, 3.05) is 13.6 Å². The smallest absolute Gasteiger partial charge is 0.320 e. The minimum atomic E-state index is -0.910. The zero-order valence-corrected chi connectivity index (χ0v) is 9.56. The highest BCUT2D eigenvalue weighted by Crippen LogP contribution is 2.12. The number of ether oxygens (including phenoxy) is 1. The Morgan fingerprint density at radius 1 is 1.59 bits per heavy atom. The molecule has 17 heavy (non-hydrogen) atoms. The van der Waals surface area contributed by atoms with Crippen LogP contribution in [0.4, 0.5) is 0 Å². The molecule has 1 rings (SSSR count). The van der Waals surface area contributed by atoms with Crippen LogP contribution in [0.1, 0.15) is 19.3 Å². The number of aliphatic carboxylic acids is 1. The number of likely N-dealkylation sites (N-methyl/N-ethyl adjacent to an activating group) is 1. The van der Waals surface area contributed by atoms with Crippen molar-refractivity contribution in [3.63, 3.8) is 0 Å². The van der Waals surface area contributed by atoms with Gasteiger partial charge in [0.1, 0.15) is 6.04 Å². The van der Waals surface area contributed by atoms with Gasteiger partial charge in [0.05, 0.1) is 6.42 Å². The molecule has 1 heterocycles. The molecule has 2 unspecified atom stereocenters. The van der Waals surface area contributed by atoms with Gasteiger partial charge >= 0.3 is 11.9 Å². The van der Waals surface area contributed by atoms with E-state index in [1.165, 1.54) is 0 Å². The Bertz CT molecular complexity index is 310. The molecule has 1 aliphatic rings. The topological polar surface area (TPSA) is 105 Å². The number of carbonyl (C=O) groups is 3. The van der Waals surface area contributed by atoms with E-state index in [2.05, 4.69) is 15.4 Å². The summed E-state index contributed by atoms with van der Waals surface area (Å²) in [7, 11) is 1.57. The molecule has 0 aromatic heterocycles. The molecule has 0 radical (unpaired) electrons. The number of hydrogen-bond donors (Lipinski definition) is 3. The van der Waals surface area contributed by atoms with Gasteiger partial charge in [-0.15, -0.1) is 0 Å². The molecule has 7 nitrogen and oxygen atoms in total. The van der Waals surface area contributed by atoms with E-state index in [9.17, 15) is 14.4 Å². The highest BCUT2D eigenvalue weighted by atomic mass is 16.6. The van der Waals surface area contributed by atoms with Crippen LogP contribution in [0.2, 0.25) is 0 Å². The number of nitrogens with one attached hydrogen (secondary N) is 2. The Balaban J connectivity index is 2.09. The van der Waals surface area contributed by atoms with Crippen LogP contribution in [0.5, 0.6) is 0 Å². The van der Waals surface area contributed by atoms with Crippen LogP contribution in [0.25, 0.3) is 0 Å². The van der Waals surface area contributed by atoms with E-state index in [0.29, 0.717) is 19.4 Å². The van der Waals surface area contributed by atoms with E-state index in [1.54, 1.807) is 7.05 Å². The highest BCUT2D eigenvalue weighted by molar-refractivity contribution is 5.92. The van der Waals surface area contributed by atoms with Gasteiger partial charge in [0, 0.05) is 6.54 Å². The van der Waals surface area contributed by atoms with Crippen LogP contribution in [0.15, 0.2) is 0 Å². The lowest BCUT2D eigenvalue weighted by Gasteiger charge is -2.24. The first-order valence-corrected chi connectivity index (χ1v) is 5.42. The van der Waals surface area contributed by atoms with Crippen LogP contribution < -0.4 is 10.6 Å². The summed E-state index contributed by atoms with van der Waals surface area (Å²) in [5.74, 6) is -1.60. The minimum absolute atomic E-state index is 0.125. The lowest BCUT2D eigenvalue weighted by Crippen LogP contribution is -2.46. The summed E-state index contributed by atoms with van der Waals surface area (Å²) in [6.07, 6.45) is 0.433. The summed E-state index contributed by atoms with van der Waals surface area (Å²) in [5, 5.41) is 14.0. The predicted molar refractivity (Wildman–Crippen MR) is 57.2 cm³/mol. The third-order valence-corrected chi connectivity index (χ3v) is 2.53. The molecule has 0 spiro atoms. The Labute approximate surface area is 98.5 Å². The van der Waals surface area contributed by atoms with Crippen molar-refractivity contribution >= 4 is 17.8 Å². The molecule has 0 bridgehead atoms. The Kier molecular flexibility index (Phi) is 4.89. The fourth-order valence-electron chi connectivity index (χ4n) is 1.47. The standard InChI is InChI=1S/C10H16N2O5/c1-11-6(10(15)16)3-2-4-12-9(14)7-5-8(13)17-7/h6-7,11H,2-5H2,1H3,(H,12,14)(H,15,16). The summed E-state index contributed by atoms with van der Waals surface area (Å²) >= 11 is 0. The summed E-state index contributed by atoms with van der Waals surface area (Å²) in [4.78, 5) is 32.4. The second-order valence-electron chi connectivity index (χ2n) is 3.80. The molecule has 3 N–H and O–H groups in total. The summed E-state index contributed by atoms with van der Waals surface area (Å²) in [6, 6.07) is -0.603. The van der Waals surface area contributed by atoms with Crippen molar-refractivity contribution < 1.29 is 24.2 Å². The molecule has 96 valence electrons. The van der Waals surface area contributed by atoms with E-state index in [0.717, 1.165) is 0 Å². The number of carbonyl (C=O) groups excluding carboxylic acids is 2. The number of carboxylic acids is 1. The van der Waals surface area contributed by atoms with Gasteiger partial charge < -0.3 is 20.5 Å². The first kappa shape index (κ1) is 13.4. The fourth-order valence-corrected chi connectivity index (χ4v) is 1.47. The monoisotopic (exact) mass is 244 g/mol. The number of esters is 1. The van der Waals surface area contributed by atoms with E-state index < -0.39 is 18.1 Å². The number of rotatable bonds is 7. The van der Waals surface area contributed by atoms with Crippen LogP contribution in [0.3, 0.4) is 0 Å². The molecule has 1 fully saturated rings. The van der Waals surface area contributed by atoms with E-state index >= 15 is 0 Å². The third kappa shape index (κ3) is 4.03. The number of carboxylic acid groups (broad SMARTS) is 1. The van der Waals surface area contributed by atoms with E-state index in [4.69, 9.17) is 5.11 Å². The molecular weight excluding hydrogens is 228 g/mol. The Hall–Kier alpha value is -1.63. The molecule has 0 saturated carbocycles. The van der Waals surface area contributed by atoms with Crippen molar-refractivity contribution in [1.29, 1.82) is 0 Å². The fraction of sp³-hybridized carbons (Fsp3) is 0.700. The minimum Gasteiger partial charge on any atom is -0.480 e. The van der Waals surface area contributed by atoms with Crippen molar-refractivity contribution in [3.8, 4) is 0 Å². The maximum absolute atomic E-state index is 11.3. The molecular formula is C10H16N2O5. The zero-order valence-electron chi connectivity index (χ0n) is 9.56. The molecule has 1 amide bonds. The van der Waals surface area contributed by atoms with Crippen molar-refractivity contribution in [2.45, 2.75) is 31.4 Å². The number of amides is 1. The van der Waals surface area contributed by atoms with Gasteiger partial charge in [0.15, 0.2) is 6.10 Å². The average molecular weight is 244 g/mol. The van der Waals surface area contributed by atoms with E-state index in [1.807, 2.05) is 0 Å². The van der Waals surface area contributed by atoms with Crippen molar-refractivity contribution in [2.24, 2.45) is 0 Å². The zero-order chi connectivity index (χ0) is 12.8. The maximum atomic E-state index is 11.3. The van der Waals surface area contributed by atoms with Crippen LogP contribution >= 0.6 is 0 Å². The predicted octanol–water partition coefficient (Wildman–Crippen LogP) is -1.13. The molecule has 0 aromatic carbocycles. The Morgan fingerprint density at radius 2 is 2.24 bits per heavy atom. The second-order valence-corrected chi connectivity index (χ2v) is 3.80. The summed E-state index contributed by atoms with van der Waals surface area (Å²) in [5.41, 5.74) is 0. The van der Waals surface area contributed by atoms with Crippen LogP contribution in [-0.2, 0) is 19.1 Å². The first-order chi connectivity index (χ1) is 8.04.